The third-order valence-electron chi connectivity index (χ3n) is 14.2. The molecule has 5 aliphatic rings. The van der Waals surface area contributed by atoms with E-state index in [1.54, 1.807) is 0 Å². The summed E-state index contributed by atoms with van der Waals surface area (Å²) in [7, 11) is 0. The van der Waals surface area contributed by atoms with E-state index < -0.39 is 0 Å². The summed E-state index contributed by atoms with van der Waals surface area (Å²) in [6.45, 7) is 24.9. The molecule has 5 aliphatic carbocycles. The van der Waals surface area contributed by atoms with E-state index in [0.717, 1.165) is 30.1 Å². The molecule has 0 bridgehead atoms. The van der Waals surface area contributed by atoms with Gasteiger partial charge in [0.25, 0.3) is 0 Å². The van der Waals surface area contributed by atoms with Crippen molar-refractivity contribution in [3.63, 3.8) is 0 Å². The van der Waals surface area contributed by atoms with Gasteiger partial charge in [0.05, 0.1) is 0 Å². The Kier molecular flexibility index (Phi) is 6.65. The van der Waals surface area contributed by atoms with E-state index in [4.69, 9.17) is 4.74 Å². The van der Waals surface area contributed by atoms with Gasteiger partial charge in [-0.1, -0.05) is 80.9 Å². The number of hydrogen-bond acceptors (Lipinski definition) is 2. The highest BCUT2D eigenvalue weighted by Crippen LogP contribution is 2.75. The number of fused-ring (bicyclic) bond motifs is 7. The van der Waals surface area contributed by atoms with Crippen molar-refractivity contribution < 1.29 is 9.53 Å². The number of carbonyl (C=O) groups is 1. The first-order valence-corrected chi connectivity index (χ1v) is 16.0. The van der Waals surface area contributed by atoms with E-state index in [9.17, 15) is 4.79 Å². The van der Waals surface area contributed by atoms with Crippen LogP contribution in [0.25, 0.3) is 0 Å². The predicted octanol–water partition coefficient (Wildman–Crippen LogP) is 9.62. The van der Waals surface area contributed by atoms with Crippen LogP contribution in [0.4, 0.5) is 0 Å². The molecular weight excluding hydrogens is 452 g/mol. The summed E-state index contributed by atoms with van der Waals surface area (Å²) in [4.78, 5) is 12.7. The Morgan fingerprint density at radius 1 is 0.919 bits per heavy atom. The van der Waals surface area contributed by atoms with Crippen molar-refractivity contribution in [2.75, 3.05) is 0 Å². The minimum absolute atomic E-state index is 0.0103. The molecule has 0 N–H and O–H groups in total. The maximum atomic E-state index is 12.7. The number of ether oxygens (including phenoxy) is 1. The molecule has 2 nitrogen and oxygen atoms in total. The monoisotopic (exact) mass is 510 g/mol. The van der Waals surface area contributed by atoms with Crippen LogP contribution in [-0.4, -0.2) is 12.1 Å². The first-order chi connectivity index (χ1) is 17.1. The van der Waals surface area contributed by atoms with Gasteiger partial charge in [0.1, 0.15) is 6.10 Å². The van der Waals surface area contributed by atoms with E-state index in [1.165, 1.54) is 51.4 Å². The first-order valence-electron chi connectivity index (χ1n) is 16.0. The number of rotatable bonds is 3. The molecule has 0 saturated heterocycles. The van der Waals surface area contributed by atoms with Crippen molar-refractivity contribution in [3.8, 4) is 0 Å². The molecule has 0 unspecified atom stereocenters. The van der Waals surface area contributed by atoms with Gasteiger partial charge < -0.3 is 4.74 Å². The zero-order chi connectivity index (χ0) is 27.2. The molecule has 0 aromatic heterocycles. The minimum atomic E-state index is 0.0103. The summed E-state index contributed by atoms with van der Waals surface area (Å²) in [5.74, 6) is 4.11. The van der Waals surface area contributed by atoms with Gasteiger partial charge in [-0.2, -0.15) is 0 Å². The van der Waals surface area contributed by atoms with Gasteiger partial charge in [-0.3, -0.25) is 4.79 Å². The Morgan fingerprint density at radius 3 is 2.30 bits per heavy atom. The van der Waals surface area contributed by atoms with Crippen LogP contribution < -0.4 is 0 Å². The van der Waals surface area contributed by atoms with Crippen molar-refractivity contribution in [1.82, 2.24) is 0 Å². The van der Waals surface area contributed by atoms with Crippen molar-refractivity contribution in [3.05, 3.63) is 11.6 Å². The highest BCUT2D eigenvalue weighted by molar-refractivity contribution is 5.69. The van der Waals surface area contributed by atoms with Crippen LogP contribution >= 0.6 is 0 Å². The van der Waals surface area contributed by atoms with Crippen LogP contribution in [0.1, 0.15) is 133 Å². The molecule has 4 fully saturated rings. The summed E-state index contributed by atoms with van der Waals surface area (Å²) < 4.78 is 6.22. The highest BCUT2D eigenvalue weighted by Gasteiger charge is 2.68. The molecule has 0 aliphatic heterocycles. The molecule has 5 rings (SSSR count). The van der Waals surface area contributed by atoms with Crippen LogP contribution in [0.2, 0.25) is 0 Å². The fourth-order valence-corrected chi connectivity index (χ4v) is 11.6. The van der Waals surface area contributed by atoms with Gasteiger partial charge in [0, 0.05) is 11.8 Å². The molecule has 0 aromatic rings. The summed E-state index contributed by atoms with van der Waals surface area (Å²) in [6.07, 6.45) is 15.1. The standard InChI is InChI=1S/C35H58O2/c1-22(2)21-29(36)37-28-15-17-33(8)26(31(28,5)6)14-18-35(10)27(33)12-11-25-30-24(4)23(3)13-16-32(30,7)19-20-34(25,35)9/h11,22-24,26-28,30H,12-21H2,1-10H3/t23-,24+,26+,27-,28+,30+,32-,33+,34-,35-/m1/s1. The number of esters is 1. The molecule has 2 heteroatoms. The quantitative estimate of drug-likeness (QED) is 0.279. The predicted molar refractivity (Wildman–Crippen MR) is 154 cm³/mol. The lowest BCUT2D eigenvalue weighted by molar-refractivity contribution is -0.213. The van der Waals surface area contributed by atoms with E-state index in [1.807, 2.05) is 5.57 Å². The fraction of sp³-hybridized carbons (Fsp3) is 0.914. The van der Waals surface area contributed by atoms with Crippen molar-refractivity contribution in [1.29, 1.82) is 0 Å². The minimum Gasteiger partial charge on any atom is -0.462 e. The zero-order valence-corrected chi connectivity index (χ0v) is 26.0. The second-order valence-corrected chi connectivity index (χ2v) is 16.7. The molecule has 0 aromatic carbocycles. The summed E-state index contributed by atoms with van der Waals surface area (Å²) in [5.41, 5.74) is 3.41. The Hall–Kier alpha value is -0.790. The molecule has 37 heavy (non-hydrogen) atoms. The van der Waals surface area contributed by atoms with Gasteiger partial charge in [0.15, 0.2) is 0 Å². The van der Waals surface area contributed by atoms with Crippen LogP contribution in [0, 0.1) is 62.6 Å². The lowest BCUT2D eigenvalue weighted by Crippen LogP contribution is -2.65. The molecule has 0 radical (unpaired) electrons. The van der Waals surface area contributed by atoms with Gasteiger partial charge in [-0.15, -0.1) is 0 Å². The molecular formula is C35H58O2. The third kappa shape index (κ3) is 3.87. The average Bonchev–Trinajstić information content (AvgIpc) is 2.79. The largest absolute Gasteiger partial charge is 0.462 e. The Morgan fingerprint density at radius 2 is 1.62 bits per heavy atom. The maximum Gasteiger partial charge on any atom is 0.306 e. The normalized spacial score (nSPS) is 50.7. The summed E-state index contributed by atoms with van der Waals surface area (Å²) in [6, 6.07) is 0. The molecule has 0 amide bonds. The second-order valence-electron chi connectivity index (χ2n) is 16.7. The van der Waals surface area contributed by atoms with E-state index >= 15 is 0 Å². The van der Waals surface area contributed by atoms with Gasteiger partial charge in [-0.05, 0) is 115 Å². The Balaban J connectivity index is 1.47. The zero-order valence-electron chi connectivity index (χ0n) is 26.0. The SMILES string of the molecule is CC(C)CC(=O)O[C@H]1CC[C@]2(C)[C@H]3CC=C4[C@@H]5[C@@H](C)[C@H](C)CC[C@]5(C)CC[C@@]4(C)[C@]3(C)CC[C@H]2C1(C)C. The van der Waals surface area contributed by atoms with Crippen LogP contribution in [-0.2, 0) is 9.53 Å². The van der Waals surface area contributed by atoms with Gasteiger partial charge in [0.2, 0.25) is 0 Å². The summed E-state index contributed by atoms with van der Waals surface area (Å²) >= 11 is 0. The number of hydrogen-bond donors (Lipinski definition) is 0. The molecule has 10 atom stereocenters. The Labute approximate surface area is 229 Å². The fourth-order valence-electron chi connectivity index (χ4n) is 11.6. The molecule has 210 valence electrons. The van der Waals surface area contributed by atoms with Gasteiger partial charge in [-0.25, -0.2) is 0 Å². The smallest absolute Gasteiger partial charge is 0.306 e. The average molecular weight is 511 g/mol. The molecule has 0 spiro atoms. The summed E-state index contributed by atoms with van der Waals surface area (Å²) in [5, 5.41) is 0. The number of allylic oxidation sites excluding steroid dienone is 2. The van der Waals surface area contributed by atoms with E-state index in [0.29, 0.717) is 39.9 Å². The third-order valence-corrected chi connectivity index (χ3v) is 14.2. The highest BCUT2D eigenvalue weighted by atomic mass is 16.5. The van der Waals surface area contributed by atoms with Crippen molar-refractivity contribution in [2.24, 2.45) is 62.6 Å². The maximum absolute atomic E-state index is 12.7. The van der Waals surface area contributed by atoms with Crippen molar-refractivity contribution >= 4 is 5.97 Å². The van der Waals surface area contributed by atoms with E-state index in [-0.39, 0.29) is 17.5 Å². The van der Waals surface area contributed by atoms with Crippen molar-refractivity contribution in [2.45, 2.75) is 140 Å². The second kappa shape index (κ2) is 8.86. The molecule has 4 saturated carbocycles. The topological polar surface area (TPSA) is 26.3 Å². The van der Waals surface area contributed by atoms with Crippen LogP contribution in [0.3, 0.4) is 0 Å². The first kappa shape index (κ1) is 27.8. The number of carbonyl (C=O) groups excluding carboxylic acids is 1. The Bertz CT molecular complexity index is 945. The van der Waals surface area contributed by atoms with Gasteiger partial charge >= 0.3 is 5.97 Å². The van der Waals surface area contributed by atoms with Crippen LogP contribution in [0.15, 0.2) is 11.6 Å². The lowest BCUT2D eigenvalue weighted by Gasteiger charge is -2.71. The lowest BCUT2D eigenvalue weighted by atomic mass is 9.33. The van der Waals surface area contributed by atoms with E-state index in [2.05, 4.69) is 75.3 Å². The molecule has 0 heterocycles. The van der Waals surface area contributed by atoms with Crippen LogP contribution in [0.5, 0.6) is 0 Å².